The summed E-state index contributed by atoms with van der Waals surface area (Å²) in [6, 6.07) is 0. The monoisotopic (exact) mass is 544 g/mol. The Kier molecular flexibility index (Phi) is 39.0. The molecule has 2 nitrogen and oxygen atoms in total. The molecule has 2 atom stereocenters. The van der Waals surface area contributed by atoms with Crippen molar-refractivity contribution in [3.8, 4) is 0 Å². The molecule has 0 spiro atoms. The van der Waals surface area contributed by atoms with Crippen LogP contribution in [0, 0.1) is 36.5 Å². The summed E-state index contributed by atoms with van der Waals surface area (Å²) in [5.41, 5.74) is 0. The van der Waals surface area contributed by atoms with Crippen LogP contribution >= 0.6 is 0 Å². The van der Waals surface area contributed by atoms with Crippen LogP contribution in [0.3, 0.4) is 0 Å². The first kappa shape index (κ1) is 37.4. The third-order valence-corrected chi connectivity index (χ3v) is 4.24. The average molecular weight is 544 g/mol. The van der Waals surface area contributed by atoms with Crippen LogP contribution in [0.25, 0.3) is 10.6 Å². The number of nitrogens with zero attached hydrogens (tertiary/aromatic N) is 2. The van der Waals surface area contributed by atoms with Crippen molar-refractivity contribution in [2.24, 2.45) is 23.7 Å². The molecule has 0 aromatic heterocycles. The molecule has 0 bridgehead atoms. The van der Waals surface area contributed by atoms with Gasteiger partial charge in [-0.25, -0.2) is 0 Å². The van der Waals surface area contributed by atoms with Gasteiger partial charge in [-0.15, -0.1) is 26.2 Å². The second-order valence-electron chi connectivity index (χ2n) is 8.69. The number of piperidine rings is 2. The van der Waals surface area contributed by atoms with E-state index in [1.807, 2.05) is 40.5 Å². The maximum absolute atomic E-state index is 4.41. The molecular weight excluding hydrogens is 494 g/mol. The molecule has 0 aromatic rings. The van der Waals surface area contributed by atoms with Gasteiger partial charge in [0.15, 0.2) is 0 Å². The van der Waals surface area contributed by atoms with Crippen molar-refractivity contribution in [2.75, 3.05) is 26.2 Å². The first-order valence-electron chi connectivity index (χ1n) is 11.1. The molecule has 0 N–H and O–H groups in total. The second-order valence-corrected chi connectivity index (χ2v) is 8.69. The van der Waals surface area contributed by atoms with Gasteiger partial charge in [0.05, 0.1) is 0 Å². The van der Waals surface area contributed by atoms with Gasteiger partial charge in [0.2, 0.25) is 0 Å². The Bertz CT molecular complexity index is 223. The molecule has 2 rings (SSSR count). The van der Waals surface area contributed by atoms with Gasteiger partial charge in [0, 0.05) is 65.4 Å². The van der Waals surface area contributed by atoms with E-state index in [-0.39, 0.29) is 65.4 Å². The summed E-state index contributed by atoms with van der Waals surface area (Å²) in [7, 11) is 0. The molecule has 2 heterocycles. The Balaban J connectivity index is -0.000000153. The maximum atomic E-state index is 4.41. The number of hydrogen-bond acceptors (Lipinski definition) is 0. The molecule has 28 heavy (non-hydrogen) atoms. The van der Waals surface area contributed by atoms with Gasteiger partial charge in [-0.3, -0.25) is 0 Å². The van der Waals surface area contributed by atoms with Crippen LogP contribution in [0.4, 0.5) is 0 Å². The Labute approximate surface area is 230 Å². The maximum Gasteiger partial charge on any atom is 0 e. The van der Waals surface area contributed by atoms with Gasteiger partial charge in [0.1, 0.15) is 0 Å². The van der Waals surface area contributed by atoms with Gasteiger partial charge in [0.25, 0.3) is 0 Å². The van der Waals surface area contributed by atoms with E-state index in [1.165, 1.54) is 38.5 Å². The molecule has 2 aliphatic heterocycles. The predicted molar refractivity (Wildman–Crippen MR) is 122 cm³/mol. The third-order valence-electron chi connectivity index (χ3n) is 4.24. The van der Waals surface area contributed by atoms with E-state index in [0.717, 1.165) is 49.9 Å². The summed E-state index contributed by atoms with van der Waals surface area (Å²) in [6.07, 6.45) is 12.3. The van der Waals surface area contributed by atoms with Crippen LogP contribution in [0.1, 0.15) is 93.9 Å². The molecule has 2 fully saturated rings. The zero-order chi connectivity index (χ0) is 20.2. The summed E-state index contributed by atoms with van der Waals surface area (Å²) in [4.78, 5) is 0. The molecule has 2 aliphatic rings. The topological polar surface area (TPSA) is 28.2 Å². The van der Waals surface area contributed by atoms with E-state index in [4.69, 9.17) is 0 Å². The molecule has 0 saturated carbocycles. The fourth-order valence-corrected chi connectivity index (χ4v) is 3.43. The fraction of sp³-hybridized carbons (Fsp3) is 0.917. The molecule has 0 amide bonds. The average Bonchev–Trinajstić information content (AvgIpc) is 2.57. The van der Waals surface area contributed by atoms with Crippen LogP contribution in [-0.4, -0.2) is 26.2 Å². The summed E-state index contributed by atoms with van der Waals surface area (Å²) >= 11 is 0. The summed E-state index contributed by atoms with van der Waals surface area (Å²) < 4.78 is 0. The summed E-state index contributed by atoms with van der Waals surface area (Å²) in [5, 5.41) is 8.82. The van der Waals surface area contributed by atoms with Gasteiger partial charge < -0.3 is 23.5 Å². The van der Waals surface area contributed by atoms with Gasteiger partial charge >= 0.3 is 0 Å². The van der Waals surface area contributed by atoms with E-state index >= 15 is 0 Å². The molecular formula is C24H50N2Y2-4. The van der Waals surface area contributed by atoms with Crippen molar-refractivity contribution < 1.29 is 65.4 Å². The third kappa shape index (κ3) is 30.3. The molecule has 166 valence electrons. The molecule has 0 aliphatic carbocycles. The Morgan fingerprint density at radius 2 is 0.964 bits per heavy atom. The minimum atomic E-state index is 0. The van der Waals surface area contributed by atoms with Crippen molar-refractivity contribution in [3.05, 3.63) is 23.5 Å². The standard InChI is InChI=1S/2C9H18N.2C3H7.2Y/c2*1-8(2)6-9-4-3-5-10-7-9;2*1-3-2;;/h2*8-9H,3-7H2,1-2H3;2*3H,1-2H3;;/q4*-1;;/t2*9-;;;;/m10..../s1. The molecule has 2 saturated heterocycles. The normalized spacial score (nSPS) is 20.8. The molecule has 0 aromatic carbocycles. The zero-order valence-electron chi connectivity index (χ0n) is 20.6. The molecule has 2 radical (unpaired) electrons. The Hall–Kier alpha value is 2.13. The van der Waals surface area contributed by atoms with Gasteiger partial charge in [-0.1, -0.05) is 65.2 Å². The van der Waals surface area contributed by atoms with Gasteiger partial charge in [-0.2, -0.15) is 27.7 Å². The first-order valence-corrected chi connectivity index (χ1v) is 11.1. The van der Waals surface area contributed by atoms with Crippen LogP contribution in [0.5, 0.6) is 0 Å². The van der Waals surface area contributed by atoms with Crippen LogP contribution < -0.4 is 0 Å². The van der Waals surface area contributed by atoms with E-state index in [1.54, 1.807) is 0 Å². The smallest absolute Gasteiger partial charge is 0 e. The van der Waals surface area contributed by atoms with E-state index in [9.17, 15) is 0 Å². The second kappa shape index (κ2) is 29.1. The van der Waals surface area contributed by atoms with Crippen molar-refractivity contribution in [2.45, 2.75) is 93.9 Å². The summed E-state index contributed by atoms with van der Waals surface area (Å²) in [6.45, 7) is 21.7. The van der Waals surface area contributed by atoms with E-state index in [2.05, 4.69) is 38.3 Å². The SMILES string of the molecule is CC(C)C[C@@H]1CCC[N-]C1.CC(C)C[C@H]1CCC[N-]C1.C[CH-]C.C[CH-]C.[Y].[Y]. The van der Waals surface area contributed by atoms with Crippen molar-refractivity contribution in [1.82, 2.24) is 0 Å². The van der Waals surface area contributed by atoms with E-state index in [0.29, 0.717) is 0 Å². The van der Waals surface area contributed by atoms with E-state index < -0.39 is 0 Å². The van der Waals surface area contributed by atoms with Crippen molar-refractivity contribution in [1.29, 1.82) is 0 Å². The largest absolute Gasteiger partial charge is 0.662 e. The van der Waals surface area contributed by atoms with Crippen LogP contribution in [-0.2, 0) is 65.4 Å². The van der Waals surface area contributed by atoms with Crippen LogP contribution in [0.15, 0.2) is 0 Å². The molecule has 4 heteroatoms. The quantitative estimate of drug-likeness (QED) is 0.320. The Morgan fingerprint density at radius 1 is 0.679 bits per heavy atom. The zero-order valence-corrected chi connectivity index (χ0v) is 26.3. The van der Waals surface area contributed by atoms with Gasteiger partial charge in [-0.05, 0) is 24.7 Å². The van der Waals surface area contributed by atoms with Crippen LogP contribution in [0.2, 0.25) is 0 Å². The Morgan fingerprint density at radius 3 is 1.14 bits per heavy atom. The number of hydrogen-bond donors (Lipinski definition) is 0. The fourth-order valence-electron chi connectivity index (χ4n) is 3.43. The minimum Gasteiger partial charge on any atom is -0.662 e. The minimum absolute atomic E-state index is 0. The van der Waals surface area contributed by atoms with Crippen molar-refractivity contribution in [3.63, 3.8) is 0 Å². The number of rotatable bonds is 4. The predicted octanol–water partition coefficient (Wildman–Crippen LogP) is 8.09. The first-order chi connectivity index (χ1) is 12.4. The van der Waals surface area contributed by atoms with Crippen molar-refractivity contribution >= 4 is 0 Å². The summed E-state index contributed by atoms with van der Waals surface area (Å²) in [5.74, 6) is 3.54. The molecule has 0 unspecified atom stereocenters.